The molecule has 14 heteroatoms. The van der Waals surface area contributed by atoms with E-state index in [9.17, 15) is 19.8 Å². The van der Waals surface area contributed by atoms with E-state index in [2.05, 4.69) is 43.3 Å². The van der Waals surface area contributed by atoms with E-state index in [1.807, 2.05) is 81.7 Å². The van der Waals surface area contributed by atoms with Crippen LogP contribution in [0.1, 0.15) is 88.0 Å². The number of nitrogens with one attached hydrogen (secondary N) is 1. The predicted molar refractivity (Wildman–Crippen MR) is 226 cm³/mol. The number of rotatable bonds is 11. The van der Waals surface area contributed by atoms with Gasteiger partial charge in [0.25, 0.3) is 0 Å². The molecule has 0 spiro atoms. The molecule has 1 saturated carbocycles. The number of benzene rings is 2. The number of hydrogen-bond acceptors (Lipinski definition) is 12. The zero-order valence-corrected chi connectivity index (χ0v) is 35.0. The summed E-state index contributed by atoms with van der Waals surface area (Å²) in [5.41, 5.74) is 8.34. The first-order valence-corrected chi connectivity index (χ1v) is 21.7. The lowest BCUT2D eigenvalue weighted by Crippen LogP contribution is -2.48. The van der Waals surface area contributed by atoms with Crippen molar-refractivity contribution in [1.82, 2.24) is 30.6 Å². The van der Waals surface area contributed by atoms with E-state index in [-0.39, 0.29) is 54.1 Å². The highest BCUT2D eigenvalue weighted by Gasteiger charge is 2.52. The fourth-order valence-electron chi connectivity index (χ4n) is 9.54. The highest BCUT2D eigenvalue weighted by atomic mass is 32.1. The van der Waals surface area contributed by atoms with Gasteiger partial charge in [-0.3, -0.25) is 9.59 Å². The van der Waals surface area contributed by atoms with Crippen molar-refractivity contribution < 1.29 is 24.3 Å². The summed E-state index contributed by atoms with van der Waals surface area (Å²) in [4.78, 5) is 40.0. The maximum atomic E-state index is 14.4. The van der Waals surface area contributed by atoms with Gasteiger partial charge in [0, 0.05) is 55.7 Å². The highest BCUT2D eigenvalue weighted by Crippen LogP contribution is 2.52. The van der Waals surface area contributed by atoms with E-state index in [4.69, 9.17) is 9.62 Å². The van der Waals surface area contributed by atoms with Crippen molar-refractivity contribution in [3.05, 3.63) is 88.9 Å². The van der Waals surface area contributed by atoms with Crippen LogP contribution in [0, 0.1) is 18.8 Å². The number of carbonyl (C=O) groups is 2. The second kappa shape index (κ2) is 15.4. The van der Waals surface area contributed by atoms with Gasteiger partial charge in [0.2, 0.25) is 11.8 Å². The minimum absolute atomic E-state index is 0.0530. The number of anilines is 2. The summed E-state index contributed by atoms with van der Waals surface area (Å²) in [6, 6.07) is 18.5. The van der Waals surface area contributed by atoms with Gasteiger partial charge in [-0.2, -0.15) is 5.10 Å². The van der Waals surface area contributed by atoms with Gasteiger partial charge in [0.1, 0.15) is 17.7 Å². The largest absolute Gasteiger partial charge is 0.507 e. The topological polar surface area (TPSA) is 161 Å². The Morgan fingerprint density at radius 3 is 2.53 bits per heavy atom. The van der Waals surface area contributed by atoms with Crippen LogP contribution >= 0.6 is 11.3 Å². The maximum Gasteiger partial charge on any atom is 0.243 e. The Kier molecular flexibility index (Phi) is 10.2. The number of para-hydroxylation sites is 1. The van der Waals surface area contributed by atoms with E-state index in [1.165, 1.54) is 4.90 Å². The average molecular weight is 817 g/mol. The van der Waals surface area contributed by atoms with Gasteiger partial charge in [-0.1, -0.05) is 55.4 Å². The molecule has 3 aromatic heterocycles. The average Bonchev–Trinajstić information content (AvgIpc) is 3.87. The molecule has 4 aliphatic rings. The predicted octanol–water partition coefficient (Wildman–Crippen LogP) is 6.66. The van der Waals surface area contributed by atoms with Crippen LogP contribution in [-0.4, -0.2) is 90.6 Å². The number of likely N-dealkylation sites (tertiary alicyclic amines) is 1. The third kappa shape index (κ3) is 7.34. The molecule has 2 amide bonds. The number of aryl methyl sites for hydroxylation is 1. The van der Waals surface area contributed by atoms with Crippen LogP contribution in [0.4, 0.5) is 11.5 Å². The molecular formula is C45H52N8O5S. The monoisotopic (exact) mass is 816 g/mol. The summed E-state index contributed by atoms with van der Waals surface area (Å²) < 4.78 is 5.98. The SMILES string of the molecule is Cc1ncsc1-c1ccc([C@H](C)NC(=O)[C@@H]2C[C@@H](O)CN2C(=O)[C@@H](c2cc(N3CC[C@H](C4Cc5nnc(-c6ccccc6O)cc5N4C4(C)CC4)C3)no2)C(C)C)cc1. The lowest BCUT2D eigenvalue weighted by molar-refractivity contribution is -0.141. The number of aromatic nitrogens is 4. The Labute approximate surface area is 348 Å². The third-order valence-corrected chi connectivity index (χ3v) is 14.0. The number of nitrogens with zero attached hydrogens (tertiary/aromatic N) is 7. The number of thiazole rings is 1. The molecule has 308 valence electrons. The summed E-state index contributed by atoms with van der Waals surface area (Å²) in [6.45, 7) is 11.8. The summed E-state index contributed by atoms with van der Waals surface area (Å²) in [5, 5.41) is 38.2. The highest BCUT2D eigenvalue weighted by molar-refractivity contribution is 7.13. The number of aliphatic hydroxyl groups excluding tert-OH is 1. The number of phenolic OH excluding ortho intramolecular Hbond substituents is 1. The van der Waals surface area contributed by atoms with Crippen LogP contribution in [0.15, 0.2) is 70.7 Å². The van der Waals surface area contributed by atoms with Crippen molar-refractivity contribution in [3.8, 4) is 27.4 Å². The molecular weight excluding hydrogens is 765 g/mol. The summed E-state index contributed by atoms with van der Waals surface area (Å²) in [6.07, 6.45) is 3.36. The second-order valence-electron chi connectivity index (χ2n) is 17.5. The van der Waals surface area contributed by atoms with Gasteiger partial charge < -0.3 is 34.8 Å². The van der Waals surface area contributed by atoms with E-state index >= 15 is 0 Å². The molecule has 1 aliphatic carbocycles. The van der Waals surface area contributed by atoms with E-state index in [0.29, 0.717) is 28.8 Å². The van der Waals surface area contributed by atoms with Crippen LogP contribution in [0.2, 0.25) is 0 Å². The molecule has 3 aliphatic heterocycles. The minimum atomic E-state index is -0.812. The molecule has 13 nitrogen and oxygen atoms in total. The first-order chi connectivity index (χ1) is 28.4. The molecule has 3 N–H and O–H groups in total. The fourth-order valence-corrected chi connectivity index (χ4v) is 10.4. The first-order valence-electron chi connectivity index (χ1n) is 20.8. The van der Waals surface area contributed by atoms with Crippen molar-refractivity contribution in [2.75, 3.05) is 29.4 Å². The maximum absolute atomic E-state index is 14.4. The molecule has 1 unspecified atom stereocenters. The minimum Gasteiger partial charge on any atom is -0.507 e. The van der Waals surface area contributed by atoms with Crippen molar-refractivity contribution >= 4 is 34.7 Å². The number of aliphatic hydroxyl groups is 1. The summed E-state index contributed by atoms with van der Waals surface area (Å²) in [7, 11) is 0. The quantitative estimate of drug-likeness (QED) is 0.131. The number of β-amino-alcohol motifs (C(OH)–C–C–N with tert-alkyl or cyclic N) is 1. The molecule has 3 fully saturated rings. The molecule has 6 heterocycles. The number of aromatic hydroxyl groups is 1. The fraction of sp³-hybridized carbons (Fsp3) is 0.467. The molecule has 0 radical (unpaired) electrons. The Bertz CT molecular complexity index is 2360. The molecule has 5 aromatic rings. The van der Waals surface area contributed by atoms with Crippen LogP contribution in [-0.2, 0) is 16.0 Å². The first kappa shape index (κ1) is 39.1. The zero-order chi connectivity index (χ0) is 41.2. The van der Waals surface area contributed by atoms with Gasteiger partial charge >= 0.3 is 0 Å². The van der Waals surface area contributed by atoms with Crippen molar-refractivity contribution in [2.45, 2.75) is 102 Å². The van der Waals surface area contributed by atoms with E-state index in [0.717, 1.165) is 71.9 Å². The van der Waals surface area contributed by atoms with E-state index in [1.54, 1.807) is 17.4 Å². The van der Waals surface area contributed by atoms with Crippen molar-refractivity contribution in [2.24, 2.45) is 11.8 Å². The number of fused-ring (bicyclic) bond motifs is 1. The van der Waals surface area contributed by atoms with Crippen LogP contribution < -0.4 is 15.1 Å². The molecule has 59 heavy (non-hydrogen) atoms. The van der Waals surface area contributed by atoms with Gasteiger partial charge in [-0.25, -0.2) is 4.98 Å². The lowest BCUT2D eigenvalue weighted by atomic mass is 9.91. The molecule has 2 aromatic carbocycles. The molecule has 9 rings (SSSR count). The number of hydrogen-bond donors (Lipinski definition) is 3. The number of carbonyl (C=O) groups excluding carboxylic acids is 2. The summed E-state index contributed by atoms with van der Waals surface area (Å²) in [5.74, 6) is 0.311. The lowest BCUT2D eigenvalue weighted by Gasteiger charge is -2.37. The Morgan fingerprint density at radius 2 is 1.81 bits per heavy atom. The Morgan fingerprint density at radius 1 is 1.03 bits per heavy atom. The van der Waals surface area contributed by atoms with Crippen molar-refractivity contribution in [3.63, 3.8) is 0 Å². The standard InChI is InChI=1S/C45H52N8O5S/c1-25(2)41(44(57)52-23-31(54)18-37(52)43(56)47-26(3)28-10-12-29(13-11-28)42-27(4)46-24-59-42)39-21-40(50-58-39)51-17-14-30(22-51)35-20-34-36(53(35)45(5)15-16-45)19-33(48-49-34)32-8-6-7-9-38(32)55/h6-13,19,21,24-26,30-31,35,37,41,54-55H,14-18,20,22-23H2,1-5H3,(H,47,56)/t26-,30-,31+,35?,37-,41+/m0/s1. The number of amides is 2. The van der Waals surface area contributed by atoms with E-state index < -0.39 is 18.1 Å². The Hall–Kier alpha value is -5.34. The molecule has 6 atom stereocenters. The molecule has 0 bridgehead atoms. The number of phenols is 1. The molecule has 2 saturated heterocycles. The van der Waals surface area contributed by atoms with Gasteiger partial charge in [-0.15, -0.1) is 16.4 Å². The normalized spacial score (nSPS) is 23.1. The Balaban J connectivity index is 0.876. The van der Waals surface area contributed by atoms with Crippen molar-refractivity contribution in [1.29, 1.82) is 0 Å². The van der Waals surface area contributed by atoms with Gasteiger partial charge in [0.05, 0.1) is 45.3 Å². The second-order valence-corrected chi connectivity index (χ2v) is 18.4. The summed E-state index contributed by atoms with van der Waals surface area (Å²) >= 11 is 1.60. The van der Waals surface area contributed by atoms with Gasteiger partial charge in [0.15, 0.2) is 11.6 Å². The van der Waals surface area contributed by atoms with Crippen LogP contribution in [0.25, 0.3) is 21.7 Å². The third-order valence-electron chi connectivity index (χ3n) is 13.1. The van der Waals surface area contributed by atoms with Gasteiger partial charge in [-0.05, 0) is 81.2 Å². The smallest absolute Gasteiger partial charge is 0.243 e. The zero-order valence-electron chi connectivity index (χ0n) is 34.2. The van der Waals surface area contributed by atoms with Crippen LogP contribution in [0.5, 0.6) is 5.75 Å². The van der Waals surface area contributed by atoms with Crippen LogP contribution in [0.3, 0.4) is 0 Å².